The molecule has 0 atom stereocenters. The highest BCUT2D eigenvalue weighted by Gasteiger charge is 2.25. The third kappa shape index (κ3) is 6.88. The number of hydrogen-bond acceptors (Lipinski definition) is 7. The van der Waals surface area contributed by atoms with Crippen molar-refractivity contribution in [1.29, 1.82) is 0 Å². The molecule has 0 unspecified atom stereocenters. The third-order valence-electron chi connectivity index (χ3n) is 7.67. The summed E-state index contributed by atoms with van der Waals surface area (Å²) in [6.45, 7) is 11.7. The summed E-state index contributed by atoms with van der Waals surface area (Å²) in [5, 5.41) is 0. The van der Waals surface area contributed by atoms with Crippen LogP contribution in [0.25, 0.3) is 0 Å². The Labute approximate surface area is 226 Å². The predicted octanol–water partition coefficient (Wildman–Crippen LogP) is 3.45. The number of benzene rings is 1. The Morgan fingerprint density at radius 2 is 1.71 bits per heavy atom. The molecule has 0 N–H and O–H groups in total. The van der Waals surface area contributed by atoms with E-state index in [0.29, 0.717) is 37.2 Å². The van der Waals surface area contributed by atoms with E-state index in [2.05, 4.69) is 40.5 Å². The molecule has 1 aromatic carbocycles. The molecule has 206 valence electrons. The summed E-state index contributed by atoms with van der Waals surface area (Å²) in [7, 11) is 1.54. The molecule has 0 bridgehead atoms. The van der Waals surface area contributed by atoms with Gasteiger partial charge in [0.1, 0.15) is 6.61 Å². The van der Waals surface area contributed by atoms with Crippen LogP contribution in [0.1, 0.15) is 56.0 Å². The van der Waals surface area contributed by atoms with Gasteiger partial charge in [0.15, 0.2) is 0 Å². The first kappa shape index (κ1) is 28.0. The monoisotopic (exact) mass is 522 g/mol. The van der Waals surface area contributed by atoms with Crippen LogP contribution in [-0.2, 0) is 16.1 Å². The Kier molecular flexibility index (Phi) is 9.69. The molecular formula is C29H42N6O3. The standard InChI is InChI=1S/C29H42N6O3/c1-22(2)32-12-7-13-35(27(36)21-38-4)26-9-6-5-8-24(26)20-34(17-16-32)28(37)25-18-30-29(31-19-25)33-14-10-23(3)11-15-33/h5-6,8-9,18-19,22-23H,7,10-17,20-21H2,1-4H3. The second kappa shape index (κ2) is 13.2. The van der Waals surface area contributed by atoms with Gasteiger partial charge in [-0.05, 0) is 50.7 Å². The average Bonchev–Trinajstić information content (AvgIpc) is 2.96. The number of piperidine rings is 1. The van der Waals surface area contributed by atoms with Crippen LogP contribution < -0.4 is 9.80 Å². The van der Waals surface area contributed by atoms with E-state index in [0.717, 1.165) is 62.6 Å². The third-order valence-corrected chi connectivity index (χ3v) is 7.67. The highest BCUT2D eigenvalue weighted by molar-refractivity contribution is 5.96. The zero-order valence-electron chi connectivity index (χ0n) is 23.3. The number of carbonyl (C=O) groups excluding carboxylic acids is 2. The SMILES string of the molecule is COCC(=O)N1CCCN(C(C)C)CCN(C(=O)c2cnc(N3CCC(C)CC3)nc2)Cc2ccccc21. The highest BCUT2D eigenvalue weighted by Crippen LogP contribution is 2.25. The lowest BCUT2D eigenvalue weighted by molar-refractivity contribution is -0.122. The van der Waals surface area contributed by atoms with E-state index in [1.54, 1.807) is 12.4 Å². The van der Waals surface area contributed by atoms with Crippen LogP contribution in [-0.4, -0.2) is 90.6 Å². The molecule has 1 fully saturated rings. The van der Waals surface area contributed by atoms with Gasteiger partial charge in [0.2, 0.25) is 5.95 Å². The van der Waals surface area contributed by atoms with E-state index in [4.69, 9.17) is 4.74 Å². The van der Waals surface area contributed by atoms with Crippen molar-refractivity contribution in [2.45, 2.75) is 52.6 Å². The van der Waals surface area contributed by atoms with Crippen LogP contribution in [0.4, 0.5) is 11.6 Å². The van der Waals surface area contributed by atoms with E-state index in [1.807, 2.05) is 34.1 Å². The van der Waals surface area contributed by atoms with Gasteiger partial charge in [-0.2, -0.15) is 0 Å². The second-order valence-electron chi connectivity index (χ2n) is 10.8. The zero-order valence-corrected chi connectivity index (χ0v) is 23.3. The molecule has 0 aliphatic carbocycles. The Balaban J connectivity index is 1.60. The van der Waals surface area contributed by atoms with Crippen molar-refractivity contribution in [2.24, 2.45) is 5.92 Å². The molecule has 2 aliphatic heterocycles. The first-order valence-corrected chi connectivity index (χ1v) is 13.8. The van der Waals surface area contributed by atoms with Crippen molar-refractivity contribution in [3.8, 4) is 0 Å². The van der Waals surface area contributed by atoms with Gasteiger partial charge in [-0.1, -0.05) is 25.1 Å². The lowest BCUT2D eigenvalue weighted by atomic mass is 10.00. The number of hydrogen-bond donors (Lipinski definition) is 0. The van der Waals surface area contributed by atoms with Crippen molar-refractivity contribution >= 4 is 23.5 Å². The van der Waals surface area contributed by atoms with Crippen LogP contribution in [0, 0.1) is 5.92 Å². The van der Waals surface area contributed by atoms with Gasteiger partial charge >= 0.3 is 0 Å². The number of rotatable bonds is 5. The highest BCUT2D eigenvalue weighted by atomic mass is 16.5. The number of methoxy groups -OCH3 is 1. The normalized spacial score (nSPS) is 18.3. The van der Waals surface area contributed by atoms with Gasteiger partial charge in [0.05, 0.1) is 5.56 Å². The van der Waals surface area contributed by atoms with Crippen LogP contribution in [0.2, 0.25) is 0 Å². The fraction of sp³-hybridized carbons (Fsp3) is 0.586. The Morgan fingerprint density at radius 3 is 2.39 bits per heavy atom. The topological polar surface area (TPSA) is 82.1 Å². The first-order valence-electron chi connectivity index (χ1n) is 13.8. The quantitative estimate of drug-likeness (QED) is 0.595. The number of ether oxygens (including phenoxy) is 1. The number of para-hydroxylation sites is 1. The minimum Gasteiger partial charge on any atom is -0.375 e. The summed E-state index contributed by atoms with van der Waals surface area (Å²) in [5.41, 5.74) is 2.24. The molecule has 2 amide bonds. The maximum absolute atomic E-state index is 13.8. The minimum atomic E-state index is -0.101. The molecule has 0 saturated carbocycles. The van der Waals surface area contributed by atoms with E-state index in [-0.39, 0.29) is 18.4 Å². The molecule has 1 aromatic heterocycles. The van der Waals surface area contributed by atoms with E-state index >= 15 is 0 Å². The predicted molar refractivity (Wildman–Crippen MR) is 149 cm³/mol. The van der Waals surface area contributed by atoms with Crippen LogP contribution >= 0.6 is 0 Å². The maximum Gasteiger partial charge on any atom is 0.257 e. The van der Waals surface area contributed by atoms with Gasteiger partial charge in [0.25, 0.3) is 11.8 Å². The lowest BCUT2D eigenvalue weighted by Gasteiger charge is -2.31. The molecule has 2 aliphatic rings. The fourth-order valence-corrected chi connectivity index (χ4v) is 5.24. The number of anilines is 2. The van der Waals surface area contributed by atoms with E-state index < -0.39 is 0 Å². The van der Waals surface area contributed by atoms with Gasteiger partial charge in [0, 0.05) is 77.0 Å². The zero-order chi connectivity index (χ0) is 27.1. The molecule has 9 heteroatoms. The van der Waals surface area contributed by atoms with E-state index in [1.165, 1.54) is 7.11 Å². The second-order valence-corrected chi connectivity index (χ2v) is 10.8. The first-order chi connectivity index (χ1) is 18.4. The fourth-order valence-electron chi connectivity index (χ4n) is 5.24. The summed E-state index contributed by atoms with van der Waals surface area (Å²) in [5.74, 6) is 1.24. The summed E-state index contributed by atoms with van der Waals surface area (Å²) < 4.78 is 5.18. The number of nitrogens with zero attached hydrogens (tertiary/aromatic N) is 6. The van der Waals surface area contributed by atoms with E-state index in [9.17, 15) is 9.59 Å². The molecule has 4 rings (SSSR count). The lowest BCUT2D eigenvalue weighted by Crippen LogP contribution is -2.41. The molecule has 9 nitrogen and oxygen atoms in total. The molecule has 3 heterocycles. The number of aromatic nitrogens is 2. The molecule has 0 spiro atoms. The molecule has 2 aromatic rings. The summed E-state index contributed by atoms with van der Waals surface area (Å²) in [6, 6.07) is 8.18. The largest absolute Gasteiger partial charge is 0.375 e. The number of amides is 2. The van der Waals surface area contributed by atoms with Crippen molar-refractivity contribution in [1.82, 2.24) is 19.8 Å². The van der Waals surface area contributed by atoms with Crippen LogP contribution in [0.5, 0.6) is 0 Å². The minimum absolute atomic E-state index is 0.0183. The summed E-state index contributed by atoms with van der Waals surface area (Å²) in [6.07, 6.45) is 6.42. The molecular weight excluding hydrogens is 480 g/mol. The molecule has 38 heavy (non-hydrogen) atoms. The van der Waals surface area contributed by atoms with Gasteiger partial charge in [-0.25, -0.2) is 9.97 Å². The van der Waals surface area contributed by atoms with Gasteiger partial charge in [-0.3, -0.25) is 14.5 Å². The Hall–Kier alpha value is -3.04. The maximum atomic E-state index is 13.8. The Bertz CT molecular complexity index is 1070. The Morgan fingerprint density at radius 1 is 1.00 bits per heavy atom. The van der Waals surface area contributed by atoms with Crippen molar-refractivity contribution in [3.63, 3.8) is 0 Å². The summed E-state index contributed by atoms with van der Waals surface area (Å²) in [4.78, 5) is 44.2. The molecule has 1 saturated heterocycles. The number of carbonyl (C=O) groups is 2. The summed E-state index contributed by atoms with van der Waals surface area (Å²) >= 11 is 0. The van der Waals surface area contributed by atoms with Gasteiger partial charge in [-0.15, -0.1) is 0 Å². The average molecular weight is 523 g/mol. The smallest absolute Gasteiger partial charge is 0.257 e. The number of fused-ring (bicyclic) bond motifs is 1. The molecule has 0 radical (unpaired) electrons. The van der Waals surface area contributed by atoms with Crippen molar-refractivity contribution in [2.75, 3.05) is 62.8 Å². The van der Waals surface area contributed by atoms with Crippen LogP contribution in [0.3, 0.4) is 0 Å². The van der Waals surface area contributed by atoms with Crippen molar-refractivity contribution in [3.05, 3.63) is 47.8 Å². The van der Waals surface area contributed by atoms with Gasteiger partial charge < -0.3 is 19.4 Å². The van der Waals surface area contributed by atoms with Crippen LogP contribution in [0.15, 0.2) is 36.7 Å². The van der Waals surface area contributed by atoms with Crippen molar-refractivity contribution < 1.29 is 14.3 Å².